The summed E-state index contributed by atoms with van der Waals surface area (Å²) in [5.74, 6) is 1.38. The van der Waals surface area contributed by atoms with Gasteiger partial charge in [0.05, 0.1) is 22.4 Å². The number of ether oxygens (including phenoxy) is 1. The van der Waals surface area contributed by atoms with Crippen molar-refractivity contribution in [3.63, 3.8) is 0 Å². The first-order valence-corrected chi connectivity index (χ1v) is 10.6. The number of nitrogens with zero attached hydrogens (tertiary/aromatic N) is 2. The molecule has 3 aliphatic heterocycles. The van der Waals surface area contributed by atoms with Crippen LogP contribution in [0.4, 0.5) is 0 Å². The number of para-hydroxylation sites is 1. The molecule has 1 aromatic heterocycles. The Balaban J connectivity index is 1.43. The van der Waals surface area contributed by atoms with Gasteiger partial charge in [-0.1, -0.05) is 23.9 Å². The molecular formula is C19H23N3O2S2. The predicted molar refractivity (Wildman–Crippen MR) is 104 cm³/mol. The number of methoxy groups -OCH3 is 1. The average molecular weight is 390 g/mol. The molecule has 0 saturated carbocycles. The maximum absolute atomic E-state index is 12.7. The van der Waals surface area contributed by atoms with E-state index >= 15 is 0 Å². The van der Waals surface area contributed by atoms with Gasteiger partial charge in [0, 0.05) is 12.1 Å². The summed E-state index contributed by atoms with van der Waals surface area (Å²) in [5.41, 5.74) is 0. The van der Waals surface area contributed by atoms with Gasteiger partial charge in [-0.05, 0) is 50.9 Å². The predicted octanol–water partition coefficient (Wildman–Crippen LogP) is 3.52. The molecule has 0 aliphatic carbocycles. The van der Waals surface area contributed by atoms with Gasteiger partial charge >= 0.3 is 0 Å². The van der Waals surface area contributed by atoms with Crippen molar-refractivity contribution in [2.24, 2.45) is 5.92 Å². The van der Waals surface area contributed by atoms with E-state index < -0.39 is 0 Å². The lowest BCUT2D eigenvalue weighted by Gasteiger charge is -2.49. The summed E-state index contributed by atoms with van der Waals surface area (Å²) in [7, 11) is 1.67. The highest BCUT2D eigenvalue weighted by Crippen LogP contribution is 2.37. The molecule has 2 atom stereocenters. The Morgan fingerprint density at radius 1 is 1.35 bits per heavy atom. The zero-order valence-corrected chi connectivity index (χ0v) is 16.6. The SMILES string of the molecule is COc1ccccc1Sc1cnc(C(=O)N[C@@H]2C3CCN(CC3)[C@H]2C)s1. The van der Waals surface area contributed by atoms with Crippen LogP contribution in [-0.2, 0) is 0 Å². The molecule has 3 saturated heterocycles. The van der Waals surface area contributed by atoms with Crippen molar-refractivity contribution in [3.05, 3.63) is 35.5 Å². The molecule has 3 aliphatic rings. The number of thiazole rings is 1. The van der Waals surface area contributed by atoms with Crippen molar-refractivity contribution in [2.45, 2.75) is 41.0 Å². The van der Waals surface area contributed by atoms with Gasteiger partial charge in [-0.3, -0.25) is 9.69 Å². The molecule has 2 aromatic rings. The van der Waals surface area contributed by atoms with Gasteiger partial charge in [-0.15, -0.1) is 11.3 Å². The maximum atomic E-state index is 12.7. The van der Waals surface area contributed by atoms with E-state index in [9.17, 15) is 4.79 Å². The first kappa shape index (κ1) is 17.8. The van der Waals surface area contributed by atoms with Crippen LogP contribution in [0.5, 0.6) is 5.75 Å². The first-order chi connectivity index (χ1) is 12.7. The highest BCUT2D eigenvalue weighted by molar-refractivity contribution is 8.01. The summed E-state index contributed by atoms with van der Waals surface area (Å²) in [6.45, 7) is 4.55. The Kier molecular flexibility index (Phi) is 5.20. The van der Waals surface area contributed by atoms with Crippen molar-refractivity contribution in [1.82, 2.24) is 15.2 Å². The lowest BCUT2D eigenvalue weighted by molar-refractivity contribution is 0.0217. The summed E-state index contributed by atoms with van der Waals surface area (Å²) in [6, 6.07) is 8.52. The summed E-state index contributed by atoms with van der Waals surface area (Å²) < 4.78 is 6.38. The van der Waals surface area contributed by atoms with Crippen LogP contribution in [0.3, 0.4) is 0 Å². The third-order valence-electron chi connectivity index (χ3n) is 5.43. The molecule has 1 aromatic carbocycles. The summed E-state index contributed by atoms with van der Waals surface area (Å²) in [5, 5.41) is 3.78. The summed E-state index contributed by atoms with van der Waals surface area (Å²) in [6.07, 6.45) is 4.14. The van der Waals surface area contributed by atoms with Crippen molar-refractivity contribution in [2.75, 3.05) is 20.2 Å². The molecule has 138 valence electrons. The van der Waals surface area contributed by atoms with E-state index in [1.165, 1.54) is 24.2 Å². The second kappa shape index (κ2) is 7.58. The molecule has 3 fully saturated rings. The monoisotopic (exact) mass is 389 g/mol. The molecule has 0 radical (unpaired) electrons. The zero-order chi connectivity index (χ0) is 18.1. The number of carbonyl (C=O) groups is 1. The lowest BCUT2D eigenvalue weighted by atomic mass is 9.79. The molecule has 1 N–H and O–H groups in total. The molecule has 5 nitrogen and oxygen atoms in total. The number of hydrogen-bond acceptors (Lipinski definition) is 6. The number of nitrogens with one attached hydrogen (secondary N) is 1. The minimum atomic E-state index is -0.0486. The van der Waals surface area contributed by atoms with Crippen LogP contribution in [0.2, 0.25) is 0 Å². The Morgan fingerprint density at radius 3 is 2.85 bits per heavy atom. The van der Waals surface area contributed by atoms with Gasteiger partial charge in [-0.25, -0.2) is 4.98 Å². The van der Waals surface area contributed by atoms with Crippen molar-refractivity contribution in [3.8, 4) is 5.75 Å². The van der Waals surface area contributed by atoms with Crippen molar-refractivity contribution in [1.29, 1.82) is 0 Å². The number of piperidine rings is 3. The normalized spacial score (nSPS) is 27.3. The van der Waals surface area contributed by atoms with E-state index in [-0.39, 0.29) is 11.9 Å². The van der Waals surface area contributed by atoms with Gasteiger partial charge in [0.1, 0.15) is 5.75 Å². The van der Waals surface area contributed by atoms with Crippen LogP contribution in [0.15, 0.2) is 39.6 Å². The van der Waals surface area contributed by atoms with Crippen LogP contribution in [0, 0.1) is 5.92 Å². The molecule has 0 unspecified atom stereocenters. The van der Waals surface area contributed by atoms with Crippen LogP contribution in [0.1, 0.15) is 29.6 Å². The Labute approximate surface area is 162 Å². The standard InChI is InChI=1S/C19H23N3O2S2/c1-12-17(13-7-9-22(12)10-8-13)21-18(23)19-20-11-16(26-19)25-15-6-4-3-5-14(15)24-2/h3-6,11-13,17H,7-10H2,1-2H3,(H,21,23)/t12-,17-/m0/s1. The van der Waals surface area contributed by atoms with Crippen LogP contribution >= 0.6 is 23.1 Å². The van der Waals surface area contributed by atoms with Gasteiger partial charge in [-0.2, -0.15) is 0 Å². The highest BCUT2D eigenvalue weighted by atomic mass is 32.2. The molecule has 0 spiro atoms. The molecule has 2 bridgehead atoms. The van der Waals surface area contributed by atoms with Crippen LogP contribution in [-0.4, -0.2) is 48.1 Å². The number of rotatable bonds is 5. The number of benzene rings is 1. The highest BCUT2D eigenvalue weighted by Gasteiger charge is 2.40. The van der Waals surface area contributed by atoms with E-state index in [2.05, 4.69) is 22.1 Å². The van der Waals surface area contributed by atoms with Crippen LogP contribution in [0.25, 0.3) is 0 Å². The van der Waals surface area contributed by atoms with Crippen LogP contribution < -0.4 is 10.1 Å². The van der Waals surface area contributed by atoms with Gasteiger partial charge in [0.2, 0.25) is 0 Å². The Hall–Kier alpha value is -1.57. The fourth-order valence-corrected chi connectivity index (χ4v) is 5.93. The third kappa shape index (κ3) is 3.48. The van der Waals surface area contributed by atoms with Gasteiger partial charge < -0.3 is 10.1 Å². The molecule has 4 heterocycles. The molecule has 5 rings (SSSR count). The van der Waals surface area contributed by atoms with Crippen molar-refractivity contribution < 1.29 is 9.53 Å². The van der Waals surface area contributed by atoms with Gasteiger partial charge in [0.15, 0.2) is 5.01 Å². The van der Waals surface area contributed by atoms with Gasteiger partial charge in [0.25, 0.3) is 5.91 Å². The molecular weight excluding hydrogens is 366 g/mol. The van der Waals surface area contributed by atoms with Crippen molar-refractivity contribution >= 4 is 29.0 Å². The summed E-state index contributed by atoms with van der Waals surface area (Å²) in [4.78, 5) is 20.6. The second-order valence-corrected chi connectivity index (χ2v) is 9.22. The van der Waals surface area contributed by atoms with E-state index in [0.29, 0.717) is 17.0 Å². The van der Waals surface area contributed by atoms with E-state index in [4.69, 9.17) is 4.74 Å². The smallest absolute Gasteiger partial charge is 0.280 e. The number of aromatic nitrogens is 1. The minimum absolute atomic E-state index is 0.0486. The number of carbonyl (C=O) groups excluding carboxylic acids is 1. The first-order valence-electron chi connectivity index (χ1n) is 8.97. The second-order valence-electron chi connectivity index (χ2n) is 6.85. The zero-order valence-electron chi connectivity index (χ0n) is 15.0. The fraction of sp³-hybridized carbons (Fsp3) is 0.474. The Bertz CT molecular complexity index is 785. The van der Waals surface area contributed by atoms with E-state index in [1.807, 2.05) is 24.3 Å². The largest absolute Gasteiger partial charge is 0.496 e. The molecule has 7 heteroatoms. The number of amides is 1. The van der Waals surface area contributed by atoms with E-state index in [1.54, 1.807) is 25.1 Å². The van der Waals surface area contributed by atoms with E-state index in [0.717, 1.165) is 27.9 Å². The fourth-order valence-electron chi connectivity index (χ4n) is 3.98. The number of fused-ring (bicyclic) bond motifs is 3. The lowest BCUT2D eigenvalue weighted by Crippen LogP contribution is -2.62. The maximum Gasteiger partial charge on any atom is 0.280 e. The number of hydrogen-bond donors (Lipinski definition) is 1. The minimum Gasteiger partial charge on any atom is -0.496 e. The third-order valence-corrected chi connectivity index (χ3v) is 7.59. The summed E-state index contributed by atoms with van der Waals surface area (Å²) >= 11 is 3.01. The molecule has 26 heavy (non-hydrogen) atoms. The molecule has 1 amide bonds. The Morgan fingerprint density at radius 2 is 2.12 bits per heavy atom. The topological polar surface area (TPSA) is 54.5 Å². The quantitative estimate of drug-likeness (QED) is 0.848. The average Bonchev–Trinajstić information content (AvgIpc) is 3.14.